The van der Waals surface area contributed by atoms with E-state index in [9.17, 15) is 14.4 Å². The van der Waals surface area contributed by atoms with Gasteiger partial charge in [-0.3, -0.25) is 9.59 Å². The summed E-state index contributed by atoms with van der Waals surface area (Å²) in [7, 11) is 0. The standard InChI is InChI=1S/C14H23NO5/c1-10(2)13(17)19-8-5-6-12(16)15-7-9-20-14(18)11(3)4/h10H,3,5-9H2,1-2,4H3,(H,15,16). The normalized spacial score (nSPS) is 10.0. The summed E-state index contributed by atoms with van der Waals surface area (Å²) in [4.78, 5) is 33.6. The van der Waals surface area contributed by atoms with Crippen LogP contribution in [-0.4, -0.2) is 37.6 Å². The molecule has 6 heteroatoms. The average Bonchev–Trinajstić information content (AvgIpc) is 2.38. The second kappa shape index (κ2) is 10.00. The Bertz CT molecular complexity index is 363. The predicted octanol–water partition coefficient (Wildman–Crippen LogP) is 1.20. The van der Waals surface area contributed by atoms with Gasteiger partial charge in [-0.2, -0.15) is 0 Å². The topological polar surface area (TPSA) is 81.7 Å². The summed E-state index contributed by atoms with van der Waals surface area (Å²) < 4.78 is 9.75. The molecule has 0 aliphatic carbocycles. The molecule has 0 heterocycles. The Kier molecular flexibility index (Phi) is 9.07. The van der Waals surface area contributed by atoms with Crippen LogP contribution in [0.25, 0.3) is 0 Å². The van der Waals surface area contributed by atoms with Crippen molar-refractivity contribution in [1.29, 1.82) is 0 Å². The second-order valence-corrected chi connectivity index (χ2v) is 4.69. The van der Waals surface area contributed by atoms with E-state index in [4.69, 9.17) is 9.47 Å². The number of ether oxygens (including phenoxy) is 2. The van der Waals surface area contributed by atoms with Gasteiger partial charge >= 0.3 is 11.9 Å². The number of hydrogen-bond donors (Lipinski definition) is 1. The van der Waals surface area contributed by atoms with Crippen LogP contribution in [0.5, 0.6) is 0 Å². The van der Waals surface area contributed by atoms with Crippen molar-refractivity contribution in [3.8, 4) is 0 Å². The van der Waals surface area contributed by atoms with E-state index >= 15 is 0 Å². The summed E-state index contributed by atoms with van der Waals surface area (Å²) in [6.45, 7) is 9.10. The third-order valence-electron chi connectivity index (χ3n) is 2.27. The summed E-state index contributed by atoms with van der Waals surface area (Å²) in [6, 6.07) is 0. The molecule has 0 spiro atoms. The van der Waals surface area contributed by atoms with Gasteiger partial charge in [-0.25, -0.2) is 4.79 Å². The Labute approximate surface area is 119 Å². The van der Waals surface area contributed by atoms with Crippen molar-refractivity contribution in [3.05, 3.63) is 12.2 Å². The zero-order chi connectivity index (χ0) is 15.5. The van der Waals surface area contributed by atoms with E-state index in [0.717, 1.165) is 0 Å². The number of esters is 2. The number of amides is 1. The quantitative estimate of drug-likeness (QED) is 0.391. The smallest absolute Gasteiger partial charge is 0.333 e. The maximum absolute atomic E-state index is 11.4. The first kappa shape index (κ1) is 18.1. The van der Waals surface area contributed by atoms with E-state index in [1.54, 1.807) is 20.8 Å². The highest BCUT2D eigenvalue weighted by Gasteiger charge is 2.08. The molecule has 0 aliphatic rings. The monoisotopic (exact) mass is 285 g/mol. The lowest BCUT2D eigenvalue weighted by atomic mass is 10.2. The van der Waals surface area contributed by atoms with Gasteiger partial charge in [-0.05, 0) is 13.3 Å². The third kappa shape index (κ3) is 9.13. The molecule has 0 saturated carbocycles. The summed E-state index contributed by atoms with van der Waals surface area (Å²) in [5.74, 6) is -1.07. The van der Waals surface area contributed by atoms with Crippen molar-refractivity contribution in [2.75, 3.05) is 19.8 Å². The highest BCUT2D eigenvalue weighted by Crippen LogP contribution is 1.98. The van der Waals surface area contributed by atoms with Crippen LogP contribution in [0.4, 0.5) is 0 Å². The molecule has 0 saturated heterocycles. The molecule has 20 heavy (non-hydrogen) atoms. The fraction of sp³-hybridized carbons (Fsp3) is 0.643. The fourth-order valence-electron chi connectivity index (χ4n) is 1.12. The molecule has 0 rings (SSSR count). The maximum Gasteiger partial charge on any atom is 0.333 e. The fourth-order valence-corrected chi connectivity index (χ4v) is 1.12. The first-order valence-electron chi connectivity index (χ1n) is 6.60. The highest BCUT2D eigenvalue weighted by atomic mass is 16.5. The van der Waals surface area contributed by atoms with Crippen molar-refractivity contribution < 1.29 is 23.9 Å². The molecule has 0 bridgehead atoms. The lowest BCUT2D eigenvalue weighted by molar-refractivity contribution is -0.147. The lowest BCUT2D eigenvalue weighted by Crippen LogP contribution is -2.28. The second-order valence-electron chi connectivity index (χ2n) is 4.69. The third-order valence-corrected chi connectivity index (χ3v) is 2.27. The molecule has 0 radical (unpaired) electrons. The number of carbonyl (C=O) groups is 3. The van der Waals surface area contributed by atoms with Crippen molar-refractivity contribution in [2.45, 2.75) is 33.6 Å². The molecule has 0 aromatic rings. The minimum Gasteiger partial charge on any atom is -0.465 e. The van der Waals surface area contributed by atoms with Gasteiger partial charge in [0.2, 0.25) is 5.91 Å². The van der Waals surface area contributed by atoms with Gasteiger partial charge in [0.05, 0.1) is 19.1 Å². The van der Waals surface area contributed by atoms with Gasteiger partial charge in [0.1, 0.15) is 6.61 Å². The zero-order valence-electron chi connectivity index (χ0n) is 12.4. The molecule has 1 amide bonds. The summed E-state index contributed by atoms with van der Waals surface area (Å²) in [5, 5.41) is 2.60. The molecule has 1 N–H and O–H groups in total. The molecule has 0 fully saturated rings. The SMILES string of the molecule is C=C(C)C(=O)OCCNC(=O)CCCOC(=O)C(C)C. The number of rotatable bonds is 9. The summed E-state index contributed by atoms with van der Waals surface area (Å²) >= 11 is 0. The van der Waals surface area contributed by atoms with Crippen LogP contribution in [0, 0.1) is 5.92 Å². The van der Waals surface area contributed by atoms with Crippen LogP contribution >= 0.6 is 0 Å². The lowest BCUT2D eigenvalue weighted by Gasteiger charge is -2.08. The van der Waals surface area contributed by atoms with Gasteiger partial charge < -0.3 is 14.8 Å². The van der Waals surface area contributed by atoms with Crippen molar-refractivity contribution in [1.82, 2.24) is 5.32 Å². The summed E-state index contributed by atoms with van der Waals surface area (Å²) in [6.07, 6.45) is 0.732. The van der Waals surface area contributed by atoms with Crippen LogP contribution in [0.1, 0.15) is 33.6 Å². The van der Waals surface area contributed by atoms with Crippen LogP contribution in [-0.2, 0) is 23.9 Å². The predicted molar refractivity (Wildman–Crippen MR) is 73.8 cm³/mol. The Hall–Kier alpha value is -1.85. The minimum atomic E-state index is -0.472. The molecule has 114 valence electrons. The van der Waals surface area contributed by atoms with Gasteiger partial charge in [0.15, 0.2) is 0 Å². The molecule has 0 aromatic carbocycles. The van der Waals surface area contributed by atoms with Crippen LogP contribution < -0.4 is 5.32 Å². The number of carbonyl (C=O) groups excluding carboxylic acids is 3. The van der Waals surface area contributed by atoms with Crippen molar-refractivity contribution in [2.24, 2.45) is 5.92 Å². The molecular formula is C14H23NO5. The van der Waals surface area contributed by atoms with E-state index in [1.165, 1.54) is 0 Å². The van der Waals surface area contributed by atoms with E-state index in [2.05, 4.69) is 11.9 Å². The van der Waals surface area contributed by atoms with Crippen LogP contribution in [0.15, 0.2) is 12.2 Å². The largest absolute Gasteiger partial charge is 0.465 e. The van der Waals surface area contributed by atoms with Crippen LogP contribution in [0.2, 0.25) is 0 Å². The number of hydrogen-bond acceptors (Lipinski definition) is 5. The Balaban J connectivity index is 3.53. The Morgan fingerprint density at radius 1 is 1.15 bits per heavy atom. The van der Waals surface area contributed by atoms with Gasteiger partial charge in [-0.1, -0.05) is 20.4 Å². The van der Waals surface area contributed by atoms with Crippen molar-refractivity contribution >= 4 is 17.8 Å². The van der Waals surface area contributed by atoms with E-state index < -0.39 is 5.97 Å². The first-order chi connectivity index (χ1) is 9.34. The van der Waals surface area contributed by atoms with Crippen LogP contribution in [0.3, 0.4) is 0 Å². The Morgan fingerprint density at radius 3 is 2.35 bits per heavy atom. The first-order valence-corrected chi connectivity index (χ1v) is 6.60. The highest BCUT2D eigenvalue weighted by molar-refractivity contribution is 5.86. The van der Waals surface area contributed by atoms with Gasteiger partial charge in [-0.15, -0.1) is 0 Å². The Morgan fingerprint density at radius 2 is 1.80 bits per heavy atom. The van der Waals surface area contributed by atoms with E-state index in [-0.39, 0.29) is 44.0 Å². The van der Waals surface area contributed by atoms with E-state index in [1.807, 2.05) is 0 Å². The van der Waals surface area contributed by atoms with Crippen molar-refractivity contribution in [3.63, 3.8) is 0 Å². The maximum atomic E-state index is 11.4. The van der Waals surface area contributed by atoms with Gasteiger partial charge in [0, 0.05) is 12.0 Å². The molecule has 0 aromatic heterocycles. The molecule has 0 aliphatic heterocycles. The molecule has 0 atom stereocenters. The average molecular weight is 285 g/mol. The number of nitrogens with one attached hydrogen (secondary N) is 1. The summed E-state index contributed by atoms with van der Waals surface area (Å²) in [5.41, 5.74) is 0.322. The molecular weight excluding hydrogens is 262 g/mol. The van der Waals surface area contributed by atoms with E-state index in [0.29, 0.717) is 12.0 Å². The minimum absolute atomic E-state index is 0.111. The molecule has 0 unspecified atom stereocenters. The molecule has 6 nitrogen and oxygen atoms in total. The zero-order valence-corrected chi connectivity index (χ0v) is 12.4. The van der Waals surface area contributed by atoms with Gasteiger partial charge in [0.25, 0.3) is 0 Å².